The van der Waals surface area contributed by atoms with Crippen molar-refractivity contribution in [1.82, 2.24) is 5.32 Å². The lowest BCUT2D eigenvalue weighted by Gasteiger charge is -2.54. The number of esters is 1. The Hall–Kier alpha value is -1.14. The molecule has 2 saturated heterocycles. The standard InChI is InChI=1S/C15H19ClFNO4/c16-7-6-10-12(20)18-15(13(21)22-14(10,15)8-17)11(19)9-4-2-1-3-5-9/h2,4,9-11,19H,1,3,5-8H2,(H,18,20)/t9?,10-,11-,14+,15?/m0/s1. The van der Waals surface area contributed by atoms with E-state index in [1.807, 2.05) is 12.2 Å². The molecule has 1 amide bonds. The van der Waals surface area contributed by atoms with Crippen molar-refractivity contribution < 1.29 is 23.8 Å². The summed E-state index contributed by atoms with van der Waals surface area (Å²) in [5.74, 6) is -2.27. The summed E-state index contributed by atoms with van der Waals surface area (Å²) in [6.45, 7) is -1.02. The molecule has 2 fully saturated rings. The molecular formula is C15H19ClFNO4. The van der Waals surface area contributed by atoms with Crippen LogP contribution in [0.2, 0.25) is 0 Å². The van der Waals surface area contributed by atoms with E-state index in [-0.39, 0.29) is 18.2 Å². The van der Waals surface area contributed by atoms with Gasteiger partial charge in [-0.25, -0.2) is 9.18 Å². The van der Waals surface area contributed by atoms with Crippen molar-refractivity contribution in [2.45, 2.75) is 42.9 Å². The number of aliphatic hydroxyl groups is 1. The van der Waals surface area contributed by atoms with Gasteiger partial charge in [0.1, 0.15) is 6.67 Å². The second-order valence-corrected chi connectivity index (χ2v) is 6.59. The van der Waals surface area contributed by atoms with Gasteiger partial charge in [-0.2, -0.15) is 0 Å². The molecule has 0 aromatic heterocycles. The fraction of sp³-hybridized carbons (Fsp3) is 0.733. The Morgan fingerprint density at radius 1 is 1.55 bits per heavy atom. The number of amides is 1. The highest BCUT2D eigenvalue weighted by Gasteiger charge is 2.81. The predicted molar refractivity (Wildman–Crippen MR) is 77.0 cm³/mol. The van der Waals surface area contributed by atoms with E-state index in [1.165, 1.54) is 0 Å². The SMILES string of the molecule is O=C1NC2([C@@H](O)C3C=CCCC3)C(=O)O[C@]2(CF)[C@H]1CCCl. The van der Waals surface area contributed by atoms with E-state index in [0.29, 0.717) is 6.42 Å². The molecule has 0 aromatic rings. The highest BCUT2D eigenvalue weighted by Crippen LogP contribution is 2.53. The molecule has 1 aliphatic carbocycles. The van der Waals surface area contributed by atoms with Gasteiger partial charge in [-0.1, -0.05) is 12.2 Å². The van der Waals surface area contributed by atoms with Crippen LogP contribution in [0, 0.1) is 11.8 Å². The summed E-state index contributed by atoms with van der Waals surface area (Å²) in [7, 11) is 0. The molecule has 7 heteroatoms. The number of allylic oxidation sites excluding steroid dienone is 1. The first-order valence-electron chi connectivity index (χ1n) is 7.55. The van der Waals surface area contributed by atoms with Crippen LogP contribution in [0.25, 0.3) is 0 Å². The highest BCUT2D eigenvalue weighted by atomic mass is 35.5. The third-order valence-electron chi connectivity index (χ3n) is 5.20. The molecule has 0 saturated carbocycles. The van der Waals surface area contributed by atoms with Gasteiger partial charge in [-0.3, -0.25) is 4.79 Å². The highest BCUT2D eigenvalue weighted by molar-refractivity contribution is 6.18. The van der Waals surface area contributed by atoms with Crippen LogP contribution in [0.1, 0.15) is 25.7 Å². The Morgan fingerprint density at radius 2 is 2.32 bits per heavy atom. The zero-order chi connectivity index (χ0) is 16.0. The summed E-state index contributed by atoms with van der Waals surface area (Å²) in [5.41, 5.74) is -3.33. The van der Waals surface area contributed by atoms with Gasteiger partial charge < -0.3 is 15.2 Å². The van der Waals surface area contributed by atoms with Crippen molar-refractivity contribution in [3.63, 3.8) is 0 Å². The monoisotopic (exact) mass is 331 g/mol. The fourth-order valence-electron chi connectivity index (χ4n) is 4.02. The van der Waals surface area contributed by atoms with Crippen LogP contribution < -0.4 is 5.32 Å². The molecule has 3 rings (SSSR count). The Bertz CT molecular complexity index is 528. The van der Waals surface area contributed by atoms with Crippen LogP contribution in [-0.4, -0.2) is 46.8 Å². The number of carbonyl (C=O) groups is 2. The molecule has 0 aromatic carbocycles. The minimum absolute atomic E-state index is 0.146. The van der Waals surface area contributed by atoms with Gasteiger partial charge in [-0.05, 0) is 25.7 Å². The van der Waals surface area contributed by atoms with E-state index < -0.39 is 41.7 Å². The number of fused-ring (bicyclic) bond motifs is 1. The van der Waals surface area contributed by atoms with E-state index >= 15 is 0 Å². The lowest BCUT2D eigenvalue weighted by Crippen LogP contribution is -2.82. The molecular weight excluding hydrogens is 313 g/mol. The van der Waals surface area contributed by atoms with Crippen molar-refractivity contribution in [2.24, 2.45) is 11.8 Å². The molecule has 3 aliphatic rings. The minimum Gasteiger partial charge on any atom is -0.450 e. The first-order valence-corrected chi connectivity index (χ1v) is 8.09. The van der Waals surface area contributed by atoms with Crippen molar-refractivity contribution >= 4 is 23.5 Å². The largest absolute Gasteiger partial charge is 0.450 e. The van der Waals surface area contributed by atoms with Crippen LogP contribution in [0.15, 0.2) is 12.2 Å². The number of hydrogen-bond acceptors (Lipinski definition) is 4. The maximum absolute atomic E-state index is 13.8. The predicted octanol–water partition coefficient (Wildman–Crippen LogP) is 1.08. The number of alkyl halides is 2. The van der Waals surface area contributed by atoms with E-state index in [0.717, 1.165) is 12.8 Å². The Kier molecular flexibility index (Phi) is 3.93. The third-order valence-corrected chi connectivity index (χ3v) is 5.42. The molecule has 122 valence electrons. The summed E-state index contributed by atoms with van der Waals surface area (Å²) in [6, 6.07) is 0. The molecule has 2 aliphatic heterocycles. The second kappa shape index (κ2) is 5.49. The first kappa shape index (κ1) is 15.7. The van der Waals surface area contributed by atoms with E-state index in [1.54, 1.807) is 0 Å². The smallest absolute Gasteiger partial charge is 0.339 e. The summed E-state index contributed by atoms with van der Waals surface area (Å²) < 4.78 is 18.9. The van der Waals surface area contributed by atoms with Crippen LogP contribution in [0.5, 0.6) is 0 Å². The summed E-state index contributed by atoms with van der Waals surface area (Å²) in [5, 5.41) is 13.3. The van der Waals surface area contributed by atoms with Crippen LogP contribution in [0.3, 0.4) is 0 Å². The van der Waals surface area contributed by atoms with Gasteiger partial charge in [0, 0.05) is 11.8 Å². The number of ether oxygens (including phenoxy) is 1. The number of hydrogen-bond donors (Lipinski definition) is 2. The van der Waals surface area contributed by atoms with Gasteiger partial charge >= 0.3 is 5.97 Å². The van der Waals surface area contributed by atoms with Crippen LogP contribution in [0.4, 0.5) is 4.39 Å². The van der Waals surface area contributed by atoms with Crippen molar-refractivity contribution in [3.8, 4) is 0 Å². The quantitative estimate of drug-likeness (QED) is 0.449. The van der Waals surface area contributed by atoms with Gasteiger partial charge in [0.15, 0.2) is 5.60 Å². The molecule has 0 bridgehead atoms. The van der Waals surface area contributed by atoms with Gasteiger partial charge in [0.05, 0.1) is 12.0 Å². The van der Waals surface area contributed by atoms with Crippen LogP contribution >= 0.6 is 11.6 Å². The third kappa shape index (κ3) is 1.80. The molecule has 0 radical (unpaired) electrons. The van der Waals surface area contributed by atoms with Crippen molar-refractivity contribution in [3.05, 3.63) is 12.2 Å². The zero-order valence-corrected chi connectivity index (χ0v) is 12.8. The fourth-order valence-corrected chi connectivity index (χ4v) is 4.23. The number of nitrogens with one attached hydrogen (secondary N) is 1. The number of halogens is 2. The number of carbonyl (C=O) groups excluding carboxylic acids is 2. The Balaban J connectivity index is 1.98. The summed E-state index contributed by atoms with van der Waals surface area (Å²) in [4.78, 5) is 24.4. The number of rotatable bonds is 5. The van der Waals surface area contributed by atoms with Crippen LogP contribution in [-0.2, 0) is 14.3 Å². The average molecular weight is 332 g/mol. The first-order chi connectivity index (χ1) is 10.5. The maximum Gasteiger partial charge on any atom is 0.339 e. The van der Waals surface area contributed by atoms with Gasteiger partial charge in [0.25, 0.3) is 0 Å². The molecule has 2 heterocycles. The average Bonchev–Trinajstić information content (AvgIpc) is 2.73. The van der Waals surface area contributed by atoms with E-state index in [4.69, 9.17) is 16.3 Å². The lowest BCUT2D eigenvalue weighted by atomic mass is 9.64. The Labute approximate surface area is 132 Å². The number of aliphatic hydroxyl groups excluding tert-OH is 1. The maximum atomic E-state index is 13.8. The van der Waals surface area contributed by atoms with Gasteiger partial charge in [-0.15, -0.1) is 11.6 Å². The summed E-state index contributed by atoms with van der Waals surface area (Å²) in [6.07, 6.45) is 5.23. The molecule has 0 spiro atoms. The molecule has 22 heavy (non-hydrogen) atoms. The molecule has 5 atom stereocenters. The zero-order valence-electron chi connectivity index (χ0n) is 12.1. The molecule has 2 N–H and O–H groups in total. The topological polar surface area (TPSA) is 75.6 Å². The van der Waals surface area contributed by atoms with E-state index in [2.05, 4.69) is 5.32 Å². The molecule has 2 unspecified atom stereocenters. The molecule has 5 nitrogen and oxygen atoms in total. The Morgan fingerprint density at radius 3 is 2.86 bits per heavy atom. The second-order valence-electron chi connectivity index (χ2n) is 6.21. The van der Waals surface area contributed by atoms with Crippen molar-refractivity contribution in [1.29, 1.82) is 0 Å². The van der Waals surface area contributed by atoms with E-state index in [9.17, 15) is 19.1 Å². The minimum atomic E-state index is -1.69. The lowest BCUT2D eigenvalue weighted by molar-refractivity contribution is -0.247. The summed E-state index contributed by atoms with van der Waals surface area (Å²) >= 11 is 5.70. The van der Waals surface area contributed by atoms with Crippen molar-refractivity contribution in [2.75, 3.05) is 12.6 Å². The van der Waals surface area contributed by atoms with Gasteiger partial charge in [0.2, 0.25) is 11.4 Å². The normalized spacial score (nSPS) is 41.4.